The number of aryl methyl sites for hydroxylation is 1. The molecule has 0 bridgehead atoms. The molecule has 2 heterocycles. The first-order valence-corrected chi connectivity index (χ1v) is 9.96. The molecule has 4 rings (SSSR count). The van der Waals surface area contributed by atoms with Crippen molar-refractivity contribution in [1.29, 1.82) is 0 Å². The highest BCUT2D eigenvalue weighted by Gasteiger charge is 2.28. The Labute approximate surface area is 154 Å². The molecule has 1 unspecified atom stereocenters. The van der Waals surface area contributed by atoms with Gasteiger partial charge in [0, 0.05) is 16.4 Å². The molecule has 3 aromatic rings. The summed E-state index contributed by atoms with van der Waals surface area (Å²) < 4.78 is 13.7. The first kappa shape index (κ1) is 16.7. The number of hydrogen-bond acceptors (Lipinski definition) is 3. The van der Waals surface area contributed by atoms with E-state index in [-0.39, 0.29) is 12.3 Å². The van der Waals surface area contributed by atoms with Crippen LogP contribution in [0.15, 0.2) is 54.6 Å². The number of nitrogens with zero attached hydrogens (tertiary/aromatic N) is 2. The SMILES string of the molecule is Cc1ccccc1-n1nc2c(c1NC(=O)Cc1ccccc1)CS(=O)C2. The van der Waals surface area contributed by atoms with Crippen LogP contribution in [0.5, 0.6) is 0 Å². The molecule has 2 aromatic carbocycles. The third-order valence-corrected chi connectivity index (χ3v) is 5.68. The Kier molecular flexibility index (Phi) is 4.42. The van der Waals surface area contributed by atoms with E-state index in [2.05, 4.69) is 10.4 Å². The molecule has 1 amide bonds. The largest absolute Gasteiger partial charge is 0.310 e. The molecule has 132 valence electrons. The van der Waals surface area contributed by atoms with Gasteiger partial charge in [0.25, 0.3) is 0 Å². The van der Waals surface area contributed by atoms with Crippen molar-refractivity contribution in [3.05, 3.63) is 77.0 Å². The van der Waals surface area contributed by atoms with Crippen molar-refractivity contribution in [1.82, 2.24) is 9.78 Å². The molecule has 0 spiro atoms. The van der Waals surface area contributed by atoms with Gasteiger partial charge in [0.05, 0.1) is 29.3 Å². The van der Waals surface area contributed by atoms with Gasteiger partial charge in [0.2, 0.25) is 5.91 Å². The summed E-state index contributed by atoms with van der Waals surface area (Å²) >= 11 is 0. The number of carbonyl (C=O) groups excluding carboxylic acids is 1. The highest BCUT2D eigenvalue weighted by Crippen LogP contribution is 2.32. The molecule has 1 N–H and O–H groups in total. The lowest BCUT2D eigenvalue weighted by Gasteiger charge is -2.13. The van der Waals surface area contributed by atoms with Crippen LogP contribution in [0, 0.1) is 6.92 Å². The number of aromatic nitrogens is 2. The van der Waals surface area contributed by atoms with Gasteiger partial charge in [0.1, 0.15) is 5.82 Å². The number of fused-ring (bicyclic) bond motifs is 1. The zero-order chi connectivity index (χ0) is 18.1. The zero-order valence-electron chi connectivity index (χ0n) is 14.4. The molecule has 0 fully saturated rings. The standard InChI is InChI=1S/C20H19N3O2S/c1-14-7-5-6-10-18(14)23-20(16-12-26(25)13-17(16)22-23)21-19(24)11-15-8-3-2-4-9-15/h2-10H,11-13H2,1H3,(H,21,24). The number of carbonyl (C=O) groups is 1. The van der Waals surface area contributed by atoms with Gasteiger partial charge in [0.15, 0.2) is 0 Å². The maximum absolute atomic E-state index is 12.6. The molecule has 1 aliphatic heterocycles. The van der Waals surface area contributed by atoms with Gasteiger partial charge < -0.3 is 5.32 Å². The minimum absolute atomic E-state index is 0.105. The number of nitrogens with one attached hydrogen (secondary N) is 1. The Morgan fingerprint density at radius 2 is 1.85 bits per heavy atom. The van der Waals surface area contributed by atoms with Gasteiger partial charge in [-0.1, -0.05) is 48.5 Å². The van der Waals surface area contributed by atoms with E-state index >= 15 is 0 Å². The normalized spacial score (nSPS) is 15.7. The molecule has 1 atom stereocenters. The van der Waals surface area contributed by atoms with Crippen molar-refractivity contribution >= 4 is 22.5 Å². The van der Waals surface area contributed by atoms with Crippen LogP contribution in [-0.4, -0.2) is 19.9 Å². The van der Waals surface area contributed by atoms with Crippen molar-refractivity contribution in [2.24, 2.45) is 0 Å². The molecule has 1 aromatic heterocycles. The number of benzene rings is 2. The average Bonchev–Trinajstić information content (AvgIpc) is 3.13. The number of hydrogen-bond donors (Lipinski definition) is 1. The van der Waals surface area contributed by atoms with Gasteiger partial charge in [-0.3, -0.25) is 9.00 Å². The lowest BCUT2D eigenvalue weighted by molar-refractivity contribution is -0.115. The second-order valence-electron chi connectivity index (χ2n) is 6.41. The van der Waals surface area contributed by atoms with Gasteiger partial charge in [-0.05, 0) is 24.1 Å². The van der Waals surface area contributed by atoms with Crippen LogP contribution in [0.25, 0.3) is 5.69 Å². The fraction of sp³-hybridized carbons (Fsp3) is 0.200. The van der Waals surface area contributed by atoms with E-state index in [4.69, 9.17) is 0 Å². The lowest BCUT2D eigenvalue weighted by Crippen LogP contribution is -2.18. The zero-order valence-corrected chi connectivity index (χ0v) is 15.3. The van der Waals surface area contributed by atoms with Crippen molar-refractivity contribution < 1.29 is 9.00 Å². The lowest BCUT2D eigenvalue weighted by atomic mass is 10.1. The molecule has 5 nitrogen and oxygen atoms in total. The first-order valence-electron chi connectivity index (χ1n) is 8.47. The van der Waals surface area contributed by atoms with Crippen LogP contribution < -0.4 is 5.32 Å². The fourth-order valence-electron chi connectivity index (χ4n) is 3.19. The monoisotopic (exact) mass is 365 g/mol. The fourth-order valence-corrected chi connectivity index (χ4v) is 4.45. The Morgan fingerprint density at radius 1 is 1.12 bits per heavy atom. The maximum atomic E-state index is 12.6. The maximum Gasteiger partial charge on any atom is 0.229 e. The van der Waals surface area contributed by atoms with E-state index in [1.54, 1.807) is 4.68 Å². The Morgan fingerprint density at radius 3 is 2.62 bits per heavy atom. The summed E-state index contributed by atoms with van der Waals surface area (Å²) in [6, 6.07) is 17.5. The van der Waals surface area contributed by atoms with E-state index < -0.39 is 10.8 Å². The molecular formula is C20H19N3O2S. The topological polar surface area (TPSA) is 64.0 Å². The summed E-state index contributed by atoms with van der Waals surface area (Å²) in [5.74, 6) is 1.41. The van der Waals surface area contributed by atoms with Crippen molar-refractivity contribution in [3.8, 4) is 5.69 Å². The van der Waals surface area contributed by atoms with Crippen molar-refractivity contribution in [2.45, 2.75) is 24.9 Å². The Bertz CT molecular complexity index is 996. The number of rotatable bonds is 4. The van der Waals surface area contributed by atoms with Crippen LogP contribution >= 0.6 is 0 Å². The van der Waals surface area contributed by atoms with E-state index in [9.17, 15) is 9.00 Å². The highest BCUT2D eigenvalue weighted by molar-refractivity contribution is 7.83. The molecule has 6 heteroatoms. The summed E-state index contributed by atoms with van der Waals surface area (Å²) in [6.07, 6.45) is 0.289. The second kappa shape index (κ2) is 6.88. The second-order valence-corrected chi connectivity index (χ2v) is 7.87. The van der Waals surface area contributed by atoms with Crippen molar-refractivity contribution in [2.75, 3.05) is 5.32 Å². The van der Waals surface area contributed by atoms with E-state index in [1.807, 2.05) is 61.5 Å². The molecule has 1 aliphatic rings. The Hall–Kier alpha value is -2.73. The van der Waals surface area contributed by atoms with Crippen LogP contribution in [0.3, 0.4) is 0 Å². The molecule has 26 heavy (non-hydrogen) atoms. The van der Waals surface area contributed by atoms with Gasteiger partial charge in [-0.15, -0.1) is 0 Å². The van der Waals surface area contributed by atoms with E-state index in [0.29, 0.717) is 17.3 Å². The quantitative estimate of drug-likeness (QED) is 0.773. The summed E-state index contributed by atoms with van der Waals surface area (Å²) in [4.78, 5) is 12.6. The van der Waals surface area contributed by atoms with Crippen LogP contribution in [0.1, 0.15) is 22.4 Å². The van der Waals surface area contributed by atoms with Gasteiger partial charge >= 0.3 is 0 Å². The minimum atomic E-state index is -0.948. The Balaban J connectivity index is 1.69. The molecule has 0 aliphatic carbocycles. The minimum Gasteiger partial charge on any atom is -0.310 e. The molecule has 0 saturated carbocycles. The number of anilines is 1. The summed E-state index contributed by atoms with van der Waals surface area (Å²) in [7, 11) is -0.948. The summed E-state index contributed by atoms with van der Waals surface area (Å²) in [6.45, 7) is 2.01. The summed E-state index contributed by atoms with van der Waals surface area (Å²) in [5, 5.41) is 7.65. The number of para-hydroxylation sites is 1. The third-order valence-electron chi connectivity index (χ3n) is 4.48. The highest BCUT2D eigenvalue weighted by atomic mass is 32.2. The van der Waals surface area contributed by atoms with Crippen molar-refractivity contribution in [3.63, 3.8) is 0 Å². The van der Waals surface area contributed by atoms with E-state index in [0.717, 1.165) is 28.1 Å². The smallest absolute Gasteiger partial charge is 0.229 e. The molecule has 0 saturated heterocycles. The number of amides is 1. The predicted octanol–water partition coefficient (Wildman–Crippen LogP) is 3.12. The van der Waals surface area contributed by atoms with Gasteiger partial charge in [-0.2, -0.15) is 5.10 Å². The molecule has 0 radical (unpaired) electrons. The average molecular weight is 365 g/mol. The van der Waals surface area contributed by atoms with Gasteiger partial charge in [-0.25, -0.2) is 4.68 Å². The molecular weight excluding hydrogens is 346 g/mol. The first-order chi connectivity index (χ1) is 12.6. The summed E-state index contributed by atoms with van der Waals surface area (Å²) in [5.41, 5.74) is 4.62. The predicted molar refractivity (Wildman–Crippen MR) is 103 cm³/mol. The van der Waals surface area contributed by atoms with Crippen LogP contribution in [0.4, 0.5) is 5.82 Å². The third kappa shape index (κ3) is 3.20. The van der Waals surface area contributed by atoms with Crippen LogP contribution in [0.2, 0.25) is 0 Å². The van der Waals surface area contributed by atoms with Crippen LogP contribution in [-0.2, 0) is 33.5 Å². The van der Waals surface area contributed by atoms with E-state index in [1.165, 1.54) is 0 Å².